The Balaban J connectivity index is 2.88. The first kappa shape index (κ1) is 26.0. The van der Waals surface area contributed by atoms with Crippen molar-refractivity contribution < 1.29 is 22.8 Å². The Morgan fingerprint density at radius 3 is 2.53 bits per heavy atom. The lowest BCUT2D eigenvalue weighted by Gasteiger charge is -2.34. The Bertz CT molecular complexity index is 851. The van der Waals surface area contributed by atoms with Gasteiger partial charge in [-0.1, -0.05) is 44.1 Å². The van der Waals surface area contributed by atoms with E-state index in [4.69, 9.17) is 0 Å². The molecule has 0 bridgehead atoms. The van der Waals surface area contributed by atoms with Crippen molar-refractivity contribution in [3.63, 3.8) is 0 Å². The van der Waals surface area contributed by atoms with Crippen LogP contribution in [0.1, 0.15) is 51.0 Å². The van der Waals surface area contributed by atoms with Crippen LogP contribution < -0.4 is 9.83 Å². The smallest absolute Gasteiger partial charge is 0.301 e. The zero-order valence-electron chi connectivity index (χ0n) is 18.8. The molecule has 168 valence electrons. The van der Waals surface area contributed by atoms with Crippen LogP contribution in [0.25, 0.3) is 0 Å². The highest BCUT2D eigenvalue weighted by Gasteiger charge is 2.30. The zero-order valence-corrected chi connectivity index (χ0v) is 19.6. The van der Waals surface area contributed by atoms with E-state index in [0.717, 1.165) is 29.1 Å². The second kappa shape index (κ2) is 11.9. The summed E-state index contributed by atoms with van der Waals surface area (Å²) in [5, 5.41) is 11.1. The van der Waals surface area contributed by atoms with Crippen LogP contribution in [0.4, 0.5) is 5.69 Å². The summed E-state index contributed by atoms with van der Waals surface area (Å²) < 4.78 is 29.7. The number of rotatable bonds is 12. The minimum atomic E-state index is -3.95. The van der Waals surface area contributed by atoms with Gasteiger partial charge in [0, 0.05) is 31.4 Å². The third-order valence-electron chi connectivity index (χ3n) is 4.55. The largest absolute Gasteiger partial charge is 0.550 e. The van der Waals surface area contributed by atoms with Crippen LogP contribution in [0, 0.1) is 11.8 Å². The number of likely N-dealkylation sites (N-methyl/N-ethyl adjacent to an activating group) is 2. The predicted molar refractivity (Wildman–Crippen MR) is 119 cm³/mol. The number of carbonyl (C=O) groups excluding carboxylic acids is 1. The van der Waals surface area contributed by atoms with Gasteiger partial charge in [0.2, 0.25) is 0 Å². The van der Waals surface area contributed by atoms with Gasteiger partial charge in [0.1, 0.15) is 0 Å². The minimum absolute atomic E-state index is 0.328. The summed E-state index contributed by atoms with van der Waals surface area (Å²) in [4.78, 5) is 11.1. The molecule has 1 N–H and O–H groups in total. The number of carbonyl (C=O) groups is 1. The highest BCUT2D eigenvalue weighted by molar-refractivity contribution is 7.90. The molecule has 1 unspecified atom stereocenters. The van der Waals surface area contributed by atoms with Crippen molar-refractivity contribution in [2.45, 2.75) is 51.5 Å². The molecule has 0 aromatic heterocycles. The maximum atomic E-state index is 12.8. The van der Waals surface area contributed by atoms with Gasteiger partial charge in [-0.2, -0.15) is 12.7 Å². The first-order chi connectivity index (χ1) is 13.9. The molecular weight excluding hydrogens is 402 g/mol. The molecule has 1 aromatic rings. The van der Waals surface area contributed by atoms with E-state index < -0.39 is 22.2 Å². The number of anilines is 1. The third kappa shape index (κ3) is 10.1. The van der Waals surface area contributed by atoms with E-state index in [2.05, 4.69) is 23.5 Å². The number of unbranched alkanes of at least 4 members (excludes halogenated alkanes) is 4. The van der Waals surface area contributed by atoms with Gasteiger partial charge in [-0.3, -0.25) is 4.72 Å². The first-order valence-electron chi connectivity index (χ1n) is 10.3. The molecule has 0 heterocycles. The fraction of sp³-hybridized carbons (Fsp3) is 0.591. The van der Waals surface area contributed by atoms with Crippen LogP contribution in [0.15, 0.2) is 24.3 Å². The summed E-state index contributed by atoms with van der Waals surface area (Å²) in [6, 6.07) is 6.16. The van der Waals surface area contributed by atoms with Crippen molar-refractivity contribution >= 4 is 21.9 Å². The molecule has 0 aliphatic heterocycles. The molecule has 30 heavy (non-hydrogen) atoms. The molecule has 0 aliphatic carbocycles. The molecular formula is C22H35N3O4S. The molecule has 8 heteroatoms. The van der Waals surface area contributed by atoms with Gasteiger partial charge >= 0.3 is 10.2 Å². The second-order valence-electron chi connectivity index (χ2n) is 8.52. The van der Waals surface area contributed by atoms with E-state index in [-0.39, 0.29) is 6.42 Å². The normalized spacial score (nSPS) is 12.9. The standard InChI is InChI=1S/C22H35N3O4S/c1-6-7-8-9-10-11-13-19-14-12-15-20(16-19)23-30(28,29)24(2)21(17-22(26)27)18-25(3,4)5/h12,14-16,21,23H,6-10,17-18H2,1-5H3. The lowest BCUT2D eigenvalue weighted by atomic mass is 10.1. The SMILES string of the molecule is CCCCCCC#Cc1cccc(NS(=O)(=O)N(C)C(CC(=O)[O-])C[N+](C)(C)C)c1. The summed E-state index contributed by atoms with van der Waals surface area (Å²) in [7, 11) is 3.06. The monoisotopic (exact) mass is 437 g/mol. The summed E-state index contributed by atoms with van der Waals surface area (Å²) in [6.07, 6.45) is 5.05. The van der Waals surface area contributed by atoms with Gasteiger partial charge in [-0.15, -0.1) is 0 Å². The van der Waals surface area contributed by atoms with E-state index in [1.54, 1.807) is 18.2 Å². The molecule has 7 nitrogen and oxygen atoms in total. The number of hydrogen-bond donors (Lipinski definition) is 1. The second-order valence-corrected chi connectivity index (χ2v) is 10.2. The minimum Gasteiger partial charge on any atom is -0.550 e. The molecule has 0 spiro atoms. The Morgan fingerprint density at radius 1 is 1.23 bits per heavy atom. The van der Waals surface area contributed by atoms with Crippen molar-refractivity contribution in [3.05, 3.63) is 29.8 Å². The quantitative estimate of drug-likeness (QED) is 0.307. The van der Waals surface area contributed by atoms with E-state index in [0.29, 0.717) is 16.7 Å². The number of carboxylic acid groups (broad SMARTS) is 1. The number of aliphatic carboxylic acids is 1. The van der Waals surface area contributed by atoms with Crippen LogP contribution in [-0.4, -0.2) is 64.0 Å². The van der Waals surface area contributed by atoms with E-state index >= 15 is 0 Å². The maximum Gasteiger partial charge on any atom is 0.301 e. The van der Waals surface area contributed by atoms with Gasteiger partial charge in [0.25, 0.3) is 0 Å². The average Bonchev–Trinajstić information content (AvgIpc) is 2.62. The molecule has 1 aromatic carbocycles. The van der Waals surface area contributed by atoms with Crippen LogP contribution in [0.5, 0.6) is 0 Å². The Kier molecular flexibility index (Phi) is 10.3. The Morgan fingerprint density at radius 2 is 1.93 bits per heavy atom. The Labute approximate surface area is 181 Å². The van der Waals surface area contributed by atoms with Crippen molar-refractivity contribution in [1.82, 2.24) is 4.31 Å². The van der Waals surface area contributed by atoms with Gasteiger partial charge in [-0.05, 0) is 24.6 Å². The number of nitrogens with one attached hydrogen (secondary N) is 1. The number of quaternary nitrogens is 1. The molecule has 1 atom stereocenters. The highest BCUT2D eigenvalue weighted by Crippen LogP contribution is 2.17. The average molecular weight is 438 g/mol. The van der Waals surface area contributed by atoms with Crippen LogP contribution in [0.2, 0.25) is 0 Å². The van der Waals surface area contributed by atoms with Gasteiger partial charge in [0.05, 0.1) is 39.4 Å². The fourth-order valence-electron chi connectivity index (χ4n) is 3.02. The van der Waals surface area contributed by atoms with Crippen LogP contribution >= 0.6 is 0 Å². The Hall–Kier alpha value is -2.08. The van der Waals surface area contributed by atoms with Crippen molar-refractivity contribution in [2.24, 2.45) is 0 Å². The molecule has 0 saturated heterocycles. The van der Waals surface area contributed by atoms with Gasteiger partial charge < -0.3 is 14.4 Å². The van der Waals surface area contributed by atoms with Crippen molar-refractivity contribution in [3.8, 4) is 11.8 Å². The topological polar surface area (TPSA) is 89.5 Å². The van der Waals surface area contributed by atoms with E-state index in [1.807, 2.05) is 27.2 Å². The third-order valence-corrected chi connectivity index (χ3v) is 6.10. The molecule has 0 amide bonds. The first-order valence-corrected chi connectivity index (χ1v) is 11.7. The number of hydrogen-bond acceptors (Lipinski definition) is 4. The summed E-state index contributed by atoms with van der Waals surface area (Å²) in [6.45, 7) is 2.49. The summed E-state index contributed by atoms with van der Waals surface area (Å²) >= 11 is 0. The summed E-state index contributed by atoms with van der Waals surface area (Å²) in [5.41, 5.74) is 1.11. The molecule has 0 fully saturated rings. The fourth-order valence-corrected chi connectivity index (χ4v) is 4.12. The zero-order chi connectivity index (χ0) is 22.8. The number of carboxylic acids is 1. The van der Waals surface area contributed by atoms with Crippen molar-refractivity contribution in [2.75, 3.05) is 39.5 Å². The van der Waals surface area contributed by atoms with E-state index in [1.165, 1.54) is 19.9 Å². The maximum absolute atomic E-state index is 12.8. The molecule has 0 radical (unpaired) electrons. The lowest BCUT2D eigenvalue weighted by Crippen LogP contribution is -2.52. The number of nitrogens with zero attached hydrogens (tertiary/aromatic N) is 2. The predicted octanol–water partition coefficient (Wildman–Crippen LogP) is 1.81. The van der Waals surface area contributed by atoms with Gasteiger partial charge in [0.15, 0.2) is 0 Å². The lowest BCUT2D eigenvalue weighted by molar-refractivity contribution is -0.872. The summed E-state index contributed by atoms with van der Waals surface area (Å²) in [5.74, 6) is 4.91. The number of benzene rings is 1. The van der Waals surface area contributed by atoms with Crippen LogP contribution in [0.3, 0.4) is 0 Å². The molecule has 0 saturated carbocycles. The van der Waals surface area contributed by atoms with Crippen LogP contribution in [-0.2, 0) is 15.0 Å². The molecule has 1 rings (SSSR count). The van der Waals surface area contributed by atoms with E-state index in [9.17, 15) is 18.3 Å². The molecule has 0 aliphatic rings. The van der Waals surface area contributed by atoms with Crippen molar-refractivity contribution in [1.29, 1.82) is 0 Å². The van der Waals surface area contributed by atoms with Gasteiger partial charge in [-0.25, -0.2) is 0 Å². The highest BCUT2D eigenvalue weighted by atomic mass is 32.2.